The van der Waals surface area contributed by atoms with E-state index in [0.29, 0.717) is 18.7 Å². The smallest absolute Gasteiger partial charge is 0.191 e. The Balaban J connectivity index is 2.14. The standard InChI is InChI=1S/C13H13F2N3O2/c1-2-3-18-12(16-8-17-18)7-20-13-10(14)4-9(6-19)5-11(13)15/h4-6,8H,2-3,7H2,1H3. The van der Waals surface area contributed by atoms with Gasteiger partial charge in [-0.15, -0.1) is 0 Å². The fraction of sp³-hybridized carbons (Fsp3) is 0.308. The van der Waals surface area contributed by atoms with Crippen LogP contribution in [0.4, 0.5) is 8.78 Å². The van der Waals surface area contributed by atoms with Crippen LogP contribution < -0.4 is 4.74 Å². The Kier molecular flexibility index (Phi) is 4.39. The van der Waals surface area contributed by atoms with E-state index in [0.717, 1.165) is 18.6 Å². The van der Waals surface area contributed by atoms with E-state index in [2.05, 4.69) is 10.1 Å². The highest BCUT2D eigenvalue weighted by molar-refractivity contribution is 5.75. The van der Waals surface area contributed by atoms with E-state index in [9.17, 15) is 13.6 Å². The van der Waals surface area contributed by atoms with Crippen LogP contribution in [-0.2, 0) is 13.2 Å². The predicted molar refractivity (Wildman–Crippen MR) is 66.4 cm³/mol. The van der Waals surface area contributed by atoms with Crippen LogP contribution in [0.2, 0.25) is 0 Å². The lowest BCUT2D eigenvalue weighted by atomic mass is 10.2. The van der Waals surface area contributed by atoms with Crippen molar-refractivity contribution in [3.05, 3.63) is 41.5 Å². The van der Waals surface area contributed by atoms with Crippen molar-refractivity contribution in [1.29, 1.82) is 0 Å². The van der Waals surface area contributed by atoms with E-state index < -0.39 is 17.4 Å². The zero-order chi connectivity index (χ0) is 14.5. The highest BCUT2D eigenvalue weighted by Crippen LogP contribution is 2.23. The van der Waals surface area contributed by atoms with Crippen LogP contribution in [0.25, 0.3) is 0 Å². The van der Waals surface area contributed by atoms with Gasteiger partial charge < -0.3 is 4.74 Å². The number of aryl methyl sites for hydroxylation is 1. The maximum atomic E-state index is 13.6. The molecule has 0 unspecified atom stereocenters. The van der Waals surface area contributed by atoms with Crippen LogP contribution in [0.3, 0.4) is 0 Å². The number of carbonyl (C=O) groups is 1. The van der Waals surface area contributed by atoms with Gasteiger partial charge in [0.05, 0.1) is 0 Å². The number of nitrogens with zero attached hydrogens (tertiary/aromatic N) is 3. The van der Waals surface area contributed by atoms with Gasteiger partial charge in [-0.3, -0.25) is 4.79 Å². The first kappa shape index (κ1) is 14.1. The van der Waals surface area contributed by atoms with Crippen molar-refractivity contribution in [2.45, 2.75) is 26.5 Å². The van der Waals surface area contributed by atoms with Crippen molar-refractivity contribution in [2.24, 2.45) is 0 Å². The summed E-state index contributed by atoms with van der Waals surface area (Å²) in [4.78, 5) is 14.5. The zero-order valence-electron chi connectivity index (χ0n) is 10.8. The number of halogens is 2. The predicted octanol–water partition coefficient (Wildman–Crippen LogP) is 2.36. The second kappa shape index (κ2) is 6.23. The van der Waals surface area contributed by atoms with Gasteiger partial charge in [0.15, 0.2) is 23.2 Å². The van der Waals surface area contributed by atoms with Gasteiger partial charge in [-0.05, 0) is 18.6 Å². The fourth-order valence-electron chi connectivity index (χ4n) is 1.72. The van der Waals surface area contributed by atoms with Crippen LogP contribution >= 0.6 is 0 Å². The third-order valence-corrected chi connectivity index (χ3v) is 2.63. The van der Waals surface area contributed by atoms with Crippen molar-refractivity contribution in [1.82, 2.24) is 14.8 Å². The van der Waals surface area contributed by atoms with E-state index in [1.165, 1.54) is 6.33 Å². The minimum atomic E-state index is -0.923. The Morgan fingerprint density at radius 3 is 2.65 bits per heavy atom. The molecular weight excluding hydrogens is 268 g/mol. The number of benzene rings is 1. The van der Waals surface area contributed by atoms with Crippen LogP contribution in [0.5, 0.6) is 5.75 Å². The second-order valence-corrected chi connectivity index (χ2v) is 4.12. The second-order valence-electron chi connectivity index (χ2n) is 4.12. The molecule has 0 aliphatic heterocycles. The molecule has 7 heteroatoms. The molecule has 1 aromatic heterocycles. The number of hydrogen-bond acceptors (Lipinski definition) is 4. The van der Waals surface area contributed by atoms with Crippen molar-refractivity contribution in [3.8, 4) is 5.75 Å². The average molecular weight is 281 g/mol. The number of aldehydes is 1. The Morgan fingerprint density at radius 1 is 1.35 bits per heavy atom. The third-order valence-electron chi connectivity index (χ3n) is 2.63. The molecule has 0 saturated heterocycles. The summed E-state index contributed by atoms with van der Waals surface area (Å²) < 4.78 is 33.9. The lowest BCUT2D eigenvalue weighted by molar-refractivity contribution is 0.112. The summed E-state index contributed by atoms with van der Waals surface area (Å²) in [5.41, 5.74) is -0.0819. The molecule has 0 aliphatic rings. The molecular formula is C13H13F2N3O2. The molecule has 0 radical (unpaired) electrons. The van der Waals surface area contributed by atoms with Crippen LogP contribution in [0.15, 0.2) is 18.5 Å². The molecule has 0 amide bonds. The Bertz CT molecular complexity index is 590. The Hall–Kier alpha value is -2.31. The first-order chi connectivity index (χ1) is 9.65. The summed E-state index contributed by atoms with van der Waals surface area (Å²) >= 11 is 0. The summed E-state index contributed by atoms with van der Waals surface area (Å²) in [7, 11) is 0. The lowest BCUT2D eigenvalue weighted by Crippen LogP contribution is -2.09. The highest BCUT2D eigenvalue weighted by Gasteiger charge is 2.14. The van der Waals surface area contributed by atoms with Crippen molar-refractivity contribution in [2.75, 3.05) is 0 Å². The third kappa shape index (κ3) is 2.98. The molecule has 2 aromatic rings. The van der Waals surface area contributed by atoms with Crippen LogP contribution in [-0.4, -0.2) is 21.1 Å². The number of carbonyl (C=O) groups excluding carboxylic acids is 1. The number of ether oxygens (including phenoxy) is 1. The maximum Gasteiger partial charge on any atom is 0.191 e. The summed E-state index contributed by atoms with van der Waals surface area (Å²) in [5, 5.41) is 3.98. The van der Waals surface area contributed by atoms with Gasteiger partial charge in [-0.25, -0.2) is 18.4 Å². The average Bonchev–Trinajstić information content (AvgIpc) is 2.85. The largest absolute Gasteiger partial charge is 0.479 e. The highest BCUT2D eigenvalue weighted by atomic mass is 19.1. The molecule has 0 N–H and O–H groups in total. The minimum absolute atomic E-state index is 0.0819. The Labute approximate surface area is 114 Å². The van der Waals surface area contributed by atoms with E-state index >= 15 is 0 Å². The molecule has 1 heterocycles. The molecule has 0 fully saturated rings. The topological polar surface area (TPSA) is 57.0 Å². The molecule has 5 nitrogen and oxygen atoms in total. The molecule has 20 heavy (non-hydrogen) atoms. The molecule has 0 aliphatic carbocycles. The Morgan fingerprint density at radius 2 is 2.05 bits per heavy atom. The van der Waals surface area contributed by atoms with E-state index in [1.807, 2.05) is 6.92 Å². The lowest BCUT2D eigenvalue weighted by Gasteiger charge is -2.09. The number of aromatic nitrogens is 3. The maximum absolute atomic E-state index is 13.6. The summed E-state index contributed by atoms with van der Waals surface area (Å²) in [6.07, 6.45) is 2.58. The molecule has 106 valence electrons. The van der Waals surface area contributed by atoms with E-state index in [-0.39, 0.29) is 12.2 Å². The summed E-state index contributed by atoms with van der Waals surface area (Å²) in [6, 6.07) is 1.84. The SMILES string of the molecule is CCCn1ncnc1COc1c(F)cc(C=O)cc1F. The van der Waals surface area contributed by atoms with Gasteiger partial charge in [0, 0.05) is 12.1 Å². The molecule has 0 bridgehead atoms. The fourth-order valence-corrected chi connectivity index (χ4v) is 1.72. The number of hydrogen-bond donors (Lipinski definition) is 0. The van der Waals surface area contributed by atoms with E-state index in [4.69, 9.17) is 4.74 Å². The molecule has 0 atom stereocenters. The monoisotopic (exact) mass is 281 g/mol. The molecule has 2 rings (SSSR count). The van der Waals surface area contributed by atoms with Crippen LogP contribution in [0.1, 0.15) is 29.5 Å². The zero-order valence-corrected chi connectivity index (χ0v) is 10.8. The normalized spacial score (nSPS) is 10.6. The molecule has 0 saturated carbocycles. The van der Waals surface area contributed by atoms with Gasteiger partial charge in [0.25, 0.3) is 0 Å². The first-order valence-corrected chi connectivity index (χ1v) is 6.09. The summed E-state index contributed by atoms with van der Waals surface area (Å²) in [6.45, 7) is 2.52. The number of rotatable bonds is 6. The van der Waals surface area contributed by atoms with E-state index in [1.54, 1.807) is 4.68 Å². The van der Waals surface area contributed by atoms with Gasteiger partial charge in [0.2, 0.25) is 0 Å². The van der Waals surface area contributed by atoms with Gasteiger partial charge in [-0.2, -0.15) is 5.10 Å². The van der Waals surface area contributed by atoms with Gasteiger partial charge >= 0.3 is 0 Å². The van der Waals surface area contributed by atoms with Crippen molar-refractivity contribution < 1.29 is 18.3 Å². The van der Waals surface area contributed by atoms with Crippen LogP contribution in [0, 0.1) is 11.6 Å². The molecule has 0 spiro atoms. The quantitative estimate of drug-likeness (QED) is 0.763. The first-order valence-electron chi connectivity index (χ1n) is 6.09. The van der Waals surface area contributed by atoms with Crippen molar-refractivity contribution in [3.63, 3.8) is 0 Å². The van der Waals surface area contributed by atoms with Gasteiger partial charge in [-0.1, -0.05) is 6.92 Å². The summed E-state index contributed by atoms with van der Waals surface area (Å²) in [5.74, 6) is -1.89. The van der Waals surface area contributed by atoms with Gasteiger partial charge in [0.1, 0.15) is 19.2 Å². The van der Waals surface area contributed by atoms with Crippen molar-refractivity contribution >= 4 is 6.29 Å². The molecule has 1 aromatic carbocycles. The minimum Gasteiger partial charge on any atom is -0.479 e.